The number of aryl methyl sites for hydroxylation is 1. The summed E-state index contributed by atoms with van der Waals surface area (Å²) in [5, 5.41) is 3.53. The first-order valence-electron chi connectivity index (χ1n) is 11.3. The van der Waals surface area contributed by atoms with Crippen molar-refractivity contribution in [3.63, 3.8) is 0 Å². The number of hydrogen-bond donors (Lipinski definition) is 1. The summed E-state index contributed by atoms with van der Waals surface area (Å²) in [6.45, 7) is 2.37. The number of carbonyl (C=O) groups excluding carboxylic acids is 1. The molecule has 7 heteroatoms. The fraction of sp³-hybridized carbons (Fsp3) is 0.179. The molecule has 0 unspecified atom stereocenters. The lowest BCUT2D eigenvalue weighted by Gasteiger charge is -2.31. The zero-order chi connectivity index (χ0) is 24.5. The first kappa shape index (κ1) is 22.9. The van der Waals surface area contributed by atoms with E-state index < -0.39 is 0 Å². The normalized spacial score (nSPS) is 14.5. The molecule has 0 radical (unpaired) electrons. The third-order valence-electron chi connectivity index (χ3n) is 6.31. The first-order valence-corrected chi connectivity index (χ1v) is 11.7. The number of aromatic nitrogens is 1. The number of methoxy groups -OCH3 is 2. The number of amides is 2. The van der Waals surface area contributed by atoms with E-state index in [-0.39, 0.29) is 12.1 Å². The highest BCUT2D eigenvalue weighted by Crippen LogP contribution is 2.40. The van der Waals surface area contributed by atoms with Crippen molar-refractivity contribution < 1.29 is 14.3 Å². The molecular weight excluding hydrogens is 462 g/mol. The Labute approximate surface area is 209 Å². The van der Waals surface area contributed by atoms with E-state index >= 15 is 0 Å². The maximum absolute atomic E-state index is 13.9. The van der Waals surface area contributed by atoms with E-state index in [0.717, 1.165) is 28.1 Å². The molecule has 1 aliphatic rings. The number of rotatable bonds is 4. The summed E-state index contributed by atoms with van der Waals surface area (Å²) in [6.07, 6.45) is 2.03. The van der Waals surface area contributed by atoms with Crippen LogP contribution in [0.15, 0.2) is 79.0 Å². The predicted octanol–water partition coefficient (Wildman–Crippen LogP) is 6.59. The molecule has 1 N–H and O–H groups in total. The van der Waals surface area contributed by atoms with E-state index in [1.807, 2.05) is 78.7 Å². The zero-order valence-corrected chi connectivity index (χ0v) is 20.5. The van der Waals surface area contributed by atoms with Crippen molar-refractivity contribution in [1.82, 2.24) is 9.47 Å². The van der Waals surface area contributed by atoms with E-state index in [9.17, 15) is 4.79 Å². The number of hydrogen-bond acceptors (Lipinski definition) is 3. The van der Waals surface area contributed by atoms with E-state index in [1.165, 1.54) is 0 Å². The van der Waals surface area contributed by atoms with Crippen molar-refractivity contribution in [2.75, 3.05) is 19.5 Å². The summed E-state index contributed by atoms with van der Waals surface area (Å²) in [5.74, 6) is 1.23. The minimum atomic E-state index is -0.388. The minimum Gasteiger partial charge on any atom is -0.493 e. The molecule has 0 saturated carbocycles. The minimum absolute atomic E-state index is 0.250. The molecule has 3 aromatic carbocycles. The summed E-state index contributed by atoms with van der Waals surface area (Å²) >= 11 is 6.45. The fourth-order valence-electron chi connectivity index (χ4n) is 4.62. The number of halogens is 1. The maximum atomic E-state index is 13.9. The Balaban J connectivity index is 1.65. The second-order valence-corrected chi connectivity index (χ2v) is 8.90. The highest BCUT2D eigenvalue weighted by molar-refractivity contribution is 6.33. The second-order valence-electron chi connectivity index (χ2n) is 8.49. The summed E-state index contributed by atoms with van der Waals surface area (Å²) in [7, 11) is 3.22. The van der Waals surface area contributed by atoms with Gasteiger partial charge in [-0.05, 0) is 66.1 Å². The van der Waals surface area contributed by atoms with Crippen LogP contribution in [0.5, 0.6) is 11.5 Å². The van der Waals surface area contributed by atoms with Crippen molar-refractivity contribution in [2.24, 2.45) is 0 Å². The number of benzene rings is 3. The number of anilines is 1. The average Bonchev–Trinajstić information content (AvgIpc) is 3.29. The zero-order valence-electron chi connectivity index (χ0n) is 19.8. The second kappa shape index (κ2) is 9.39. The highest BCUT2D eigenvalue weighted by atomic mass is 35.5. The molecule has 178 valence electrons. The van der Waals surface area contributed by atoms with Crippen molar-refractivity contribution in [3.05, 3.63) is 106 Å². The van der Waals surface area contributed by atoms with Gasteiger partial charge in [0, 0.05) is 11.9 Å². The van der Waals surface area contributed by atoms with Gasteiger partial charge in [0.1, 0.15) is 0 Å². The van der Waals surface area contributed by atoms with E-state index in [1.54, 1.807) is 14.2 Å². The molecule has 0 bridgehead atoms. The summed E-state index contributed by atoms with van der Waals surface area (Å²) in [4.78, 5) is 15.7. The van der Waals surface area contributed by atoms with Gasteiger partial charge >= 0.3 is 6.03 Å². The van der Waals surface area contributed by atoms with Crippen LogP contribution in [0.2, 0.25) is 5.02 Å². The first-order chi connectivity index (χ1) is 17.0. The SMILES string of the molecule is COc1ccc([C@@H]2c3cccn3-c3ccccc3CN2C(=O)Nc2ccc(C)cc2Cl)cc1OC. The Morgan fingerprint density at radius 3 is 2.54 bits per heavy atom. The van der Waals surface area contributed by atoms with E-state index in [4.69, 9.17) is 21.1 Å². The Hall–Kier alpha value is -3.90. The van der Waals surface area contributed by atoms with Gasteiger partial charge in [-0.3, -0.25) is 0 Å². The molecule has 5 rings (SSSR count). The van der Waals surface area contributed by atoms with Crippen molar-refractivity contribution in [2.45, 2.75) is 19.5 Å². The van der Waals surface area contributed by atoms with Crippen molar-refractivity contribution in [1.29, 1.82) is 0 Å². The number of ether oxygens (including phenoxy) is 2. The Morgan fingerprint density at radius 2 is 1.77 bits per heavy atom. The van der Waals surface area contributed by atoms with Gasteiger partial charge < -0.3 is 24.3 Å². The van der Waals surface area contributed by atoms with Crippen molar-refractivity contribution >= 4 is 23.3 Å². The topological polar surface area (TPSA) is 55.7 Å². The van der Waals surface area contributed by atoms with Crippen LogP contribution < -0.4 is 14.8 Å². The van der Waals surface area contributed by atoms with Gasteiger partial charge in [-0.2, -0.15) is 0 Å². The number of carbonyl (C=O) groups is 1. The molecule has 35 heavy (non-hydrogen) atoms. The lowest BCUT2D eigenvalue weighted by atomic mass is 10.0. The average molecular weight is 488 g/mol. The number of urea groups is 1. The number of nitrogens with one attached hydrogen (secondary N) is 1. The third-order valence-corrected chi connectivity index (χ3v) is 6.63. The molecule has 1 aliphatic heterocycles. The monoisotopic (exact) mass is 487 g/mol. The van der Waals surface area contributed by atoms with Crippen LogP contribution in [0.1, 0.15) is 28.4 Å². The van der Waals surface area contributed by atoms with Crippen LogP contribution in [0.4, 0.5) is 10.5 Å². The molecule has 0 saturated heterocycles. The summed E-state index contributed by atoms with van der Waals surface area (Å²) in [5.41, 5.74) is 5.55. The molecule has 4 aromatic rings. The van der Waals surface area contributed by atoms with Gasteiger partial charge in [-0.15, -0.1) is 0 Å². The molecule has 1 atom stereocenters. The van der Waals surface area contributed by atoms with Crippen LogP contribution in [0.3, 0.4) is 0 Å². The Kier molecular flexibility index (Phi) is 6.14. The fourth-order valence-corrected chi connectivity index (χ4v) is 4.90. The van der Waals surface area contributed by atoms with E-state index in [2.05, 4.69) is 22.0 Å². The van der Waals surface area contributed by atoms with Gasteiger partial charge in [0.25, 0.3) is 0 Å². The number of para-hydroxylation sites is 1. The summed E-state index contributed by atoms with van der Waals surface area (Å²) in [6, 6.07) is 22.9. The largest absolute Gasteiger partial charge is 0.493 e. The van der Waals surface area contributed by atoms with Crippen LogP contribution in [-0.2, 0) is 6.54 Å². The quantitative estimate of drug-likeness (QED) is 0.353. The summed E-state index contributed by atoms with van der Waals surface area (Å²) < 4.78 is 13.2. The molecule has 0 fully saturated rings. The van der Waals surface area contributed by atoms with Gasteiger partial charge in [0.15, 0.2) is 11.5 Å². The molecule has 0 aliphatic carbocycles. The lowest BCUT2D eigenvalue weighted by molar-refractivity contribution is 0.194. The van der Waals surface area contributed by atoms with Gasteiger partial charge in [0.2, 0.25) is 0 Å². The van der Waals surface area contributed by atoms with Crippen LogP contribution in [0, 0.1) is 6.92 Å². The molecule has 2 amide bonds. The molecule has 0 spiro atoms. The Morgan fingerprint density at radius 1 is 0.971 bits per heavy atom. The van der Waals surface area contributed by atoms with Crippen LogP contribution >= 0.6 is 11.6 Å². The molecule has 6 nitrogen and oxygen atoms in total. The lowest BCUT2D eigenvalue weighted by Crippen LogP contribution is -2.38. The number of fused-ring (bicyclic) bond motifs is 3. The highest BCUT2D eigenvalue weighted by Gasteiger charge is 2.33. The van der Waals surface area contributed by atoms with Crippen LogP contribution in [0.25, 0.3) is 5.69 Å². The van der Waals surface area contributed by atoms with Gasteiger partial charge in [0.05, 0.1) is 43.2 Å². The number of nitrogens with zero attached hydrogens (tertiary/aromatic N) is 2. The standard InChI is InChI=1S/C28H26ClN3O3/c1-18-10-12-22(21(29)15-18)30-28(33)32-17-20-7-4-5-8-23(20)31-14-6-9-24(31)27(32)19-11-13-25(34-2)26(16-19)35-3/h4-16,27H,17H2,1-3H3,(H,30,33)/t27-/m1/s1. The smallest absolute Gasteiger partial charge is 0.323 e. The van der Waals surface area contributed by atoms with Crippen LogP contribution in [-0.4, -0.2) is 29.7 Å². The Bertz CT molecular complexity index is 1400. The van der Waals surface area contributed by atoms with Gasteiger partial charge in [-0.1, -0.05) is 41.9 Å². The molecular formula is C28H26ClN3O3. The molecule has 1 aromatic heterocycles. The third kappa shape index (κ3) is 4.21. The van der Waals surface area contributed by atoms with E-state index in [0.29, 0.717) is 28.8 Å². The maximum Gasteiger partial charge on any atom is 0.323 e. The predicted molar refractivity (Wildman–Crippen MR) is 138 cm³/mol. The molecule has 2 heterocycles. The van der Waals surface area contributed by atoms with Gasteiger partial charge in [-0.25, -0.2) is 4.79 Å². The van der Waals surface area contributed by atoms with Crippen molar-refractivity contribution in [3.8, 4) is 17.2 Å².